The zero-order chi connectivity index (χ0) is 7.40. The molecule has 1 aromatic heterocycles. The van der Waals surface area contributed by atoms with Crippen LogP contribution >= 0.6 is 21.2 Å². The average molecular weight is 190 g/mol. The van der Waals surface area contributed by atoms with E-state index in [2.05, 4.69) is 0 Å². The van der Waals surface area contributed by atoms with Gasteiger partial charge in [-0.25, -0.2) is 0 Å². The number of hydrogen-bond donors (Lipinski definition) is 1. The summed E-state index contributed by atoms with van der Waals surface area (Å²) in [6.45, 7) is -0.0588. The van der Waals surface area contributed by atoms with Gasteiger partial charge in [-0.05, 0) is 11.4 Å². The molecule has 2 nitrogen and oxygen atoms in total. The summed E-state index contributed by atoms with van der Waals surface area (Å²) in [5.74, 6) is 0.0255. The summed E-state index contributed by atoms with van der Waals surface area (Å²) in [6, 6.07) is 3.60. The monoisotopic (exact) mass is 190 g/mol. The van der Waals surface area contributed by atoms with Crippen molar-refractivity contribution in [3.05, 3.63) is 22.4 Å². The SMILES string of the molecule is O=C(CCO)c1cccs1.P. The van der Waals surface area contributed by atoms with Crippen molar-refractivity contribution in [3.8, 4) is 0 Å². The second-order valence-corrected chi connectivity index (χ2v) is 2.82. The Hall–Kier alpha value is -0.240. The molecular weight excluding hydrogens is 179 g/mol. The van der Waals surface area contributed by atoms with Gasteiger partial charge in [-0.2, -0.15) is 9.90 Å². The Labute approximate surface area is 72.9 Å². The molecule has 0 aliphatic heterocycles. The van der Waals surface area contributed by atoms with Crippen LogP contribution in [-0.2, 0) is 0 Å². The molecule has 11 heavy (non-hydrogen) atoms. The Kier molecular flexibility index (Phi) is 5.30. The Bertz CT molecular complexity index is 208. The molecule has 4 heteroatoms. The largest absolute Gasteiger partial charge is 0.396 e. The molecule has 0 aliphatic rings. The van der Waals surface area contributed by atoms with Crippen LogP contribution < -0.4 is 0 Å². The lowest BCUT2D eigenvalue weighted by atomic mass is 10.2. The van der Waals surface area contributed by atoms with Crippen LogP contribution in [0.2, 0.25) is 0 Å². The lowest BCUT2D eigenvalue weighted by Crippen LogP contribution is -1.98. The lowest BCUT2D eigenvalue weighted by Gasteiger charge is -1.90. The van der Waals surface area contributed by atoms with Crippen LogP contribution in [0.15, 0.2) is 17.5 Å². The van der Waals surface area contributed by atoms with Gasteiger partial charge >= 0.3 is 0 Å². The summed E-state index contributed by atoms with van der Waals surface area (Å²) >= 11 is 1.41. The third-order valence-electron chi connectivity index (χ3n) is 1.13. The normalized spacial score (nSPS) is 8.82. The molecule has 0 aromatic carbocycles. The number of aliphatic hydroxyl groups is 1. The van der Waals surface area contributed by atoms with E-state index in [1.807, 2.05) is 11.4 Å². The van der Waals surface area contributed by atoms with Crippen molar-refractivity contribution in [3.63, 3.8) is 0 Å². The predicted molar refractivity (Wildman–Crippen MR) is 51.5 cm³/mol. The van der Waals surface area contributed by atoms with Crippen molar-refractivity contribution in [2.75, 3.05) is 6.61 Å². The van der Waals surface area contributed by atoms with Crippen molar-refractivity contribution in [1.82, 2.24) is 0 Å². The van der Waals surface area contributed by atoms with Gasteiger partial charge in [0.1, 0.15) is 0 Å². The molecule has 1 unspecified atom stereocenters. The fraction of sp³-hybridized carbons (Fsp3) is 0.286. The van der Waals surface area contributed by atoms with E-state index in [0.29, 0.717) is 0 Å². The Balaban J connectivity index is 0.000001000. The second kappa shape index (κ2) is 5.42. The summed E-state index contributed by atoms with van der Waals surface area (Å²) in [6.07, 6.45) is 0.237. The van der Waals surface area contributed by atoms with E-state index < -0.39 is 0 Å². The van der Waals surface area contributed by atoms with Crippen molar-refractivity contribution in [2.24, 2.45) is 0 Å². The first-order valence-electron chi connectivity index (χ1n) is 3.02. The molecule has 1 heterocycles. The Morgan fingerprint density at radius 3 is 2.82 bits per heavy atom. The molecule has 0 saturated carbocycles. The minimum atomic E-state index is -0.0588. The van der Waals surface area contributed by atoms with Crippen molar-refractivity contribution >= 4 is 27.0 Å². The van der Waals surface area contributed by atoms with Gasteiger partial charge in [0.2, 0.25) is 0 Å². The molecule has 0 amide bonds. The van der Waals surface area contributed by atoms with Crippen LogP contribution in [0, 0.1) is 0 Å². The van der Waals surface area contributed by atoms with Crippen molar-refractivity contribution in [1.29, 1.82) is 0 Å². The van der Waals surface area contributed by atoms with Gasteiger partial charge in [-0.1, -0.05) is 6.07 Å². The number of hydrogen-bond acceptors (Lipinski definition) is 3. The van der Waals surface area contributed by atoms with E-state index >= 15 is 0 Å². The number of ketones is 1. The molecule has 0 radical (unpaired) electrons. The van der Waals surface area contributed by atoms with Gasteiger partial charge in [0.05, 0.1) is 11.5 Å². The van der Waals surface area contributed by atoms with E-state index in [1.165, 1.54) is 11.3 Å². The first-order chi connectivity index (χ1) is 4.84. The molecule has 0 spiro atoms. The number of rotatable bonds is 3. The number of aliphatic hydroxyl groups excluding tert-OH is 1. The third-order valence-corrected chi connectivity index (χ3v) is 2.05. The third kappa shape index (κ3) is 3.10. The minimum absolute atomic E-state index is 0. The van der Waals surface area contributed by atoms with Gasteiger partial charge in [-0.15, -0.1) is 11.3 Å². The lowest BCUT2D eigenvalue weighted by molar-refractivity contribution is 0.0960. The predicted octanol–water partition coefficient (Wildman–Crippen LogP) is 1.37. The highest BCUT2D eigenvalue weighted by molar-refractivity contribution is 7.12. The summed E-state index contributed by atoms with van der Waals surface area (Å²) in [5.41, 5.74) is 0. The number of carbonyl (C=O) groups excluding carboxylic acids is 1. The average Bonchev–Trinajstić information content (AvgIpc) is 2.38. The smallest absolute Gasteiger partial charge is 0.175 e. The van der Waals surface area contributed by atoms with Crippen LogP contribution in [0.25, 0.3) is 0 Å². The Morgan fingerprint density at radius 2 is 2.36 bits per heavy atom. The van der Waals surface area contributed by atoms with E-state index in [-0.39, 0.29) is 28.7 Å². The maximum atomic E-state index is 11.0. The van der Waals surface area contributed by atoms with Crippen LogP contribution in [-0.4, -0.2) is 17.5 Å². The summed E-state index contributed by atoms with van der Waals surface area (Å²) in [4.78, 5) is 11.7. The zero-order valence-corrected chi connectivity index (χ0v) is 8.35. The number of Topliss-reactive ketones (excluding diaryl/α,β-unsaturated/α-hetero) is 1. The number of carbonyl (C=O) groups is 1. The van der Waals surface area contributed by atoms with E-state index in [1.54, 1.807) is 6.07 Å². The fourth-order valence-corrected chi connectivity index (χ4v) is 1.36. The molecule has 1 N–H and O–H groups in total. The quantitative estimate of drug-likeness (QED) is 0.577. The Morgan fingerprint density at radius 1 is 1.64 bits per heavy atom. The van der Waals surface area contributed by atoms with Gasteiger partial charge in [0.25, 0.3) is 0 Å². The van der Waals surface area contributed by atoms with Crippen molar-refractivity contribution < 1.29 is 9.90 Å². The van der Waals surface area contributed by atoms with Gasteiger partial charge in [0, 0.05) is 6.42 Å². The molecule has 62 valence electrons. The molecule has 1 rings (SSSR count). The fourth-order valence-electron chi connectivity index (χ4n) is 0.662. The van der Waals surface area contributed by atoms with Crippen molar-refractivity contribution in [2.45, 2.75) is 6.42 Å². The highest BCUT2D eigenvalue weighted by atomic mass is 32.1. The van der Waals surface area contributed by atoms with E-state index in [4.69, 9.17) is 5.11 Å². The maximum absolute atomic E-state index is 11.0. The molecule has 0 fully saturated rings. The first-order valence-corrected chi connectivity index (χ1v) is 3.90. The minimum Gasteiger partial charge on any atom is -0.396 e. The van der Waals surface area contributed by atoms with Crippen LogP contribution in [0.3, 0.4) is 0 Å². The summed E-state index contributed by atoms with van der Waals surface area (Å²) in [7, 11) is 0. The zero-order valence-electron chi connectivity index (χ0n) is 6.12. The highest BCUT2D eigenvalue weighted by Gasteiger charge is 2.03. The van der Waals surface area contributed by atoms with Crippen LogP contribution in [0.5, 0.6) is 0 Å². The molecular formula is C7H11O2PS. The topological polar surface area (TPSA) is 37.3 Å². The number of thiophene rings is 1. The molecule has 0 saturated heterocycles. The first kappa shape index (κ1) is 10.8. The van der Waals surface area contributed by atoms with Gasteiger partial charge < -0.3 is 5.11 Å². The van der Waals surface area contributed by atoms with Gasteiger partial charge in [0.15, 0.2) is 5.78 Å². The molecule has 1 atom stereocenters. The standard InChI is InChI=1S/C7H8O2S.H3P/c8-4-3-6(9)7-2-1-5-10-7;/h1-2,5,8H,3-4H2;1H3. The second-order valence-electron chi connectivity index (χ2n) is 1.87. The van der Waals surface area contributed by atoms with E-state index in [9.17, 15) is 4.79 Å². The summed E-state index contributed by atoms with van der Waals surface area (Å²) < 4.78 is 0. The van der Waals surface area contributed by atoms with E-state index in [0.717, 1.165) is 4.88 Å². The molecule has 0 bridgehead atoms. The van der Waals surface area contributed by atoms with Crippen LogP contribution in [0.1, 0.15) is 16.1 Å². The van der Waals surface area contributed by atoms with Gasteiger partial charge in [-0.3, -0.25) is 4.79 Å². The van der Waals surface area contributed by atoms with Crippen LogP contribution in [0.4, 0.5) is 0 Å². The summed E-state index contributed by atoms with van der Waals surface area (Å²) in [5, 5.41) is 10.3. The highest BCUT2D eigenvalue weighted by Crippen LogP contribution is 2.10. The maximum Gasteiger partial charge on any atom is 0.175 e. The molecule has 0 aliphatic carbocycles. The molecule has 1 aromatic rings.